The van der Waals surface area contributed by atoms with Crippen LogP contribution >= 0.6 is 11.6 Å². The Balaban J connectivity index is 2.47. The van der Waals surface area contributed by atoms with Crippen LogP contribution in [0.15, 0.2) is 30.6 Å². The second-order valence-corrected chi connectivity index (χ2v) is 4.17. The molecule has 0 atom stereocenters. The zero-order chi connectivity index (χ0) is 14.0. The van der Waals surface area contributed by atoms with Crippen molar-refractivity contribution >= 4 is 23.3 Å². The molecule has 7 nitrogen and oxygen atoms in total. The van der Waals surface area contributed by atoms with Gasteiger partial charge in [-0.05, 0) is 5.56 Å². The predicted octanol–water partition coefficient (Wildman–Crippen LogP) is 2.19. The second kappa shape index (κ2) is 5.07. The molecule has 1 heterocycles. The van der Waals surface area contributed by atoms with E-state index in [0.717, 1.165) is 6.07 Å². The van der Waals surface area contributed by atoms with Crippen molar-refractivity contribution in [1.82, 2.24) is 9.78 Å². The van der Waals surface area contributed by atoms with Crippen LogP contribution in [0.2, 0.25) is 5.02 Å². The Morgan fingerprint density at radius 3 is 2.79 bits per heavy atom. The number of carboxylic acids is 1. The Bertz CT molecular complexity index is 653. The summed E-state index contributed by atoms with van der Waals surface area (Å²) in [6.45, 7) is 0.0933. The van der Waals surface area contributed by atoms with Gasteiger partial charge in [0.05, 0.1) is 22.7 Å². The first-order valence-electron chi connectivity index (χ1n) is 5.16. The van der Waals surface area contributed by atoms with E-state index in [0.29, 0.717) is 10.6 Å². The Labute approximate surface area is 112 Å². The topological polar surface area (TPSA) is 98.3 Å². The lowest BCUT2D eigenvalue weighted by atomic mass is 10.1. The molecule has 1 aromatic carbocycles. The van der Waals surface area contributed by atoms with Crippen LogP contribution < -0.4 is 0 Å². The number of nitro groups is 1. The summed E-state index contributed by atoms with van der Waals surface area (Å²) in [5.41, 5.74) is -0.483. The molecule has 0 aliphatic carbocycles. The van der Waals surface area contributed by atoms with Gasteiger partial charge < -0.3 is 5.11 Å². The number of benzene rings is 1. The van der Waals surface area contributed by atoms with E-state index < -0.39 is 16.6 Å². The number of aromatic carboxylic acids is 1. The smallest absolute Gasteiger partial charge is 0.343 e. The summed E-state index contributed by atoms with van der Waals surface area (Å²) < 4.78 is 1.41. The van der Waals surface area contributed by atoms with Gasteiger partial charge in [-0.15, -0.1) is 0 Å². The molecular weight excluding hydrogens is 274 g/mol. The summed E-state index contributed by atoms with van der Waals surface area (Å²) in [5, 5.41) is 24.3. The fourth-order valence-corrected chi connectivity index (χ4v) is 1.87. The molecule has 1 aromatic heterocycles. The van der Waals surface area contributed by atoms with Crippen LogP contribution in [0.5, 0.6) is 0 Å². The molecule has 0 unspecified atom stereocenters. The van der Waals surface area contributed by atoms with E-state index in [2.05, 4.69) is 5.10 Å². The average molecular weight is 282 g/mol. The third-order valence-electron chi connectivity index (χ3n) is 2.47. The fourth-order valence-electron chi connectivity index (χ4n) is 1.72. The Hall–Kier alpha value is -2.41. The average Bonchev–Trinajstić information content (AvgIpc) is 2.74. The van der Waals surface area contributed by atoms with Crippen molar-refractivity contribution in [1.29, 1.82) is 0 Å². The van der Waals surface area contributed by atoms with Crippen LogP contribution in [0.1, 0.15) is 15.9 Å². The third kappa shape index (κ3) is 2.71. The van der Waals surface area contributed by atoms with Crippen molar-refractivity contribution in [2.75, 3.05) is 0 Å². The number of carboxylic acid groups (broad SMARTS) is 1. The van der Waals surface area contributed by atoms with E-state index in [9.17, 15) is 14.9 Å². The molecule has 8 heteroatoms. The van der Waals surface area contributed by atoms with Crippen LogP contribution in [0, 0.1) is 10.1 Å². The number of rotatable bonds is 4. The number of hydrogen-bond acceptors (Lipinski definition) is 4. The zero-order valence-electron chi connectivity index (χ0n) is 9.49. The van der Waals surface area contributed by atoms with Crippen molar-refractivity contribution in [3.8, 4) is 0 Å². The van der Waals surface area contributed by atoms with Gasteiger partial charge in [0.2, 0.25) is 0 Å². The molecule has 0 amide bonds. The normalized spacial score (nSPS) is 10.4. The molecule has 0 aliphatic rings. The SMILES string of the molecule is O=C(O)c1c(Cn2cc(Cl)cn2)cccc1[N+](=O)[O-]. The molecule has 0 radical (unpaired) electrons. The Kier molecular flexibility index (Phi) is 3.48. The number of nitrogens with zero attached hydrogens (tertiary/aromatic N) is 3. The van der Waals surface area contributed by atoms with Crippen molar-refractivity contribution < 1.29 is 14.8 Å². The van der Waals surface area contributed by atoms with Gasteiger partial charge in [-0.25, -0.2) is 4.79 Å². The largest absolute Gasteiger partial charge is 0.477 e. The lowest BCUT2D eigenvalue weighted by Gasteiger charge is -2.06. The first-order valence-corrected chi connectivity index (χ1v) is 5.54. The molecular formula is C11H8ClN3O4. The molecule has 0 saturated heterocycles. The molecule has 0 bridgehead atoms. The molecule has 2 aromatic rings. The minimum absolute atomic E-state index is 0.0933. The van der Waals surface area contributed by atoms with E-state index in [1.165, 1.54) is 29.2 Å². The van der Waals surface area contributed by atoms with Crippen LogP contribution in [0.25, 0.3) is 0 Å². The van der Waals surface area contributed by atoms with E-state index in [1.54, 1.807) is 0 Å². The van der Waals surface area contributed by atoms with E-state index >= 15 is 0 Å². The third-order valence-corrected chi connectivity index (χ3v) is 2.67. The minimum atomic E-state index is -1.35. The molecule has 0 spiro atoms. The second-order valence-electron chi connectivity index (χ2n) is 3.73. The maximum Gasteiger partial charge on any atom is 0.343 e. The number of carbonyl (C=O) groups is 1. The molecule has 0 fully saturated rings. The zero-order valence-corrected chi connectivity index (χ0v) is 10.2. The van der Waals surface area contributed by atoms with Gasteiger partial charge >= 0.3 is 5.97 Å². The van der Waals surface area contributed by atoms with Gasteiger partial charge in [0.25, 0.3) is 5.69 Å². The molecule has 2 rings (SSSR count). The van der Waals surface area contributed by atoms with Crippen molar-refractivity contribution in [3.63, 3.8) is 0 Å². The predicted molar refractivity (Wildman–Crippen MR) is 66.4 cm³/mol. The highest BCUT2D eigenvalue weighted by Crippen LogP contribution is 2.23. The summed E-state index contributed by atoms with van der Waals surface area (Å²) >= 11 is 5.70. The first kappa shape index (κ1) is 13.0. The highest BCUT2D eigenvalue weighted by Gasteiger charge is 2.23. The van der Waals surface area contributed by atoms with Gasteiger partial charge in [0, 0.05) is 12.3 Å². The maximum absolute atomic E-state index is 11.2. The molecule has 98 valence electrons. The van der Waals surface area contributed by atoms with Crippen molar-refractivity contribution in [2.45, 2.75) is 6.54 Å². The summed E-state index contributed by atoms with van der Waals surface area (Å²) in [6.07, 6.45) is 2.91. The van der Waals surface area contributed by atoms with Crippen molar-refractivity contribution in [2.24, 2.45) is 0 Å². The van der Waals surface area contributed by atoms with E-state index in [1.807, 2.05) is 0 Å². The Morgan fingerprint density at radius 1 is 1.53 bits per heavy atom. The van der Waals surface area contributed by atoms with Gasteiger partial charge in [-0.1, -0.05) is 23.7 Å². The number of hydrogen-bond donors (Lipinski definition) is 1. The summed E-state index contributed by atoms with van der Waals surface area (Å²) in [7, 11) is 0. The number of nitro benzene ring substituents is 1. The summed E-state index contributed by atoms with van der Waals surface area (Å²) in [4.78, 5) is 21.3. The first-order chi connectivity index (χ1) is 8.99. The van der Waals surface area contributed by atoms with Crippen LogP contribution in [-0.2, 0) is 6.54 Å². The maximum atomic E-state index is 11.2. The minimum Gasteiger partial charge on any atom is -0.477 e. The lowest BCUT2D eigenvalue weighted by Crippen LogP contribution is -2.10. The number of halogens is 1. The summed E-state index contributed by atoms with van der Waals surface area (Å²) in [5.74, 6) is -1.35. The lowest BCUT2D eigenvalue weighted by molar-refractivity contribution is -0.385. The van der Waals surface area contributed by atoms with Gasteiger partial charge in [-0.3, -0.25) is 14.8 Å². The van der Waals surface area contributed by atoms with Gasteiger partial charge in [0.15, 0.2) is 0 Å². The Morgan fingerprint density at radius 2 is 2.26 bits per heavy atom. The van der Waals surface area contributed by atoms with Gasteiger partial charge in [0.1, 0.15) is 5.56 Å². The van der Waals surface area contributed by atoms with Crippen molar-refractivity contribution in [3.05, 3.63) is 56.9 Å². The van der Waals surface area contributed by atoms with Crippen LogP contribution in [-0.4, -0.2) is 25.8 Å². The monoisotopic (exact) mass is 281 g/mol. The molecule has 19 heavy (non-hydrogen) atoms. The standard InChI is InChI=1S/C11H8ClN3O4/c12-8-4-13-14(6-8)5-7-2-1-3-9(15(18)19)10(7)11(16)17/h1-4,6H,5H2,(H,16,17). The van der Waals surface area contributed by atoms with E-state index in [4.69, 9.17) is 16.7 Å². The molecule has 0 saturated carbocycles. The molecule has 0 aliphatic heterocycles. The summed E-state index contributed by atoms with van der Waals surface area (Å²) in [6, 6.07) is 4.10. The molecule has 1 N–H and O–H groups in total. The van der Waals surface area contributed by atoms with Crippen LogP contribution in [0.3, 0.4) is 0 Å². The highest BCUT2D eigenvalue weighted by atomic mass is 35.5. The van der Waals surface area contributed by atoms with E-state index in [-0.39, 0.29) is 12.1 Å². The van der Waals surface area contributed by atoms with Gasteiger partial charge in [-0.2, -0.15) is 5.10 Å². The fraction of sp³-hybridized carbons (Fsp3) is 0.0909. The van der Waals surface area contributed by atoms with Crippen LogP contribution in [0.4, 0.5) is 5.69 Å². The quantitative estimate of drug-likeness (QED) is 0.684. The highest BCUT2D eigenvalue weighted by molar-refractivity contribution is 6.30. The number of aromatic nitrogens is 2.